The number of hydrogen-bond donors (Lipinski definition) is 2. The van der Waals surface area contributed by atoms with Crippen LogP contribution in [0.2, 0.25) is 0 Å². The molecular formula is C26H25N3O5S. The summed E-state index contributed by atoms with van der Waals surface area (Å²) in [5, 5.41) is 2.83. The molecule has 1 heterocycles. The molecule has 2 N–H and O–H groups in total. The van der Waals surface area contributed by atoms with Crippen molar-refractivity contribution in [2.45, 2.75) is 31.2 Å². The predicted octanol–water partition coefficient (Wildman–Crippen LogP) is 4.06. The Morgan fingerprint density at radius 1 is 0.914 bits per heavy atom. The van der Waals surface area contributed by atoms with Crippen LogP contribution in [0.4, 0.5) is 11.4 Å². The summed E-state index contributed by atoms with van der Waals surface area (Å²) in [6, 6.07) is 19.1. The number of ketones is 1. The third-order valence-corrected chi connectivity index (χ3v) is 7.10. The van der Waals surface area contributed by atoms with Gasteiger partial charge in [0.05, 0.1) is 4.90 Å². The summed E-state index contributed by atoms with van der Waals surface area (Å²) in [5.74, 6) is -0.346. The summed E-state index contributed by atoms with van der Waals surface area (Å²) < 4.78 is 27.7. The van der Waals surface area contributed by atoms with E-state index in [4.69, 9.17) is 0 Å². The molecule has 1 aliphatic rings. The summed E-state index contributed by atoms with van der Waals surface area (Å²) >= 11 is 0. The number of anilines is 2. The average molecular weight is 492 g/mol. The van der Waals surface area contributed by atoms with Crippen molar-refractivity contribution in [3.05, 3.63) is 89.5 Å². The van der Waals surface area contributed by atoms with Crippen LogP contribution in [0.3, 0.4) is 0 Å². The number of amides is 2. The van der Waals surface area contributed by atoms with Gasteiger partial charge >= 0.3 is 0 Å². The molecule has 0 atom stereocenters. The molecule has 8 nitrogen and oxygen atoms in total. The summed E-state index contributed by atoms with van der Waals surface area (Å²) in [4.78, 5) is 37.8. The van der Waals surface area contributed by atoms with Crippen LogP contribution in [0, 0.1) is 0 Å². The lowest BCUT2D eigenvalue weighted by atomic mass is 10.1. The fourth-order valence-electron chi connectivity index (χ4n) is 3.81. The molecule has 2 amide bonds. The maximum atomic E-state index is 12.7. The van der Waals surface area contributed by atoms with E-state index >= 15 is 0 Å². The largest absolute Gasteiger partial charge is 0.338 e. The second-order valence-electron chi connectivity index (χ2n) is 8.34. The molecule has 0 radical (unpaired) electrons. The number of nitrogens with zero attached hydrogens (tertiary/aromatic N) is 1. The smallest absolute Gasteiger partial charge is 0.261 e. The predicted molar refractivity (Wildman–Crippen MR) is 133 cm³/mol. The van der Waals surface area contributed by atoms with Crippen LogP contribution >= 0.6 is 0 Å². The van der Waals surface area contributed by atoms with Crippen LogP contribution in [0.1, 0.15) is 46.0 Å². The number of nitrogens with one attached hydrogen (secondary N) is 2. The van der Waals surface area contributed by atoms with E-state index in [0.29, 0.717) is 35.5 Å². The highest BCUT2D eigenvalue weighted by atomic mass is 32.2. The quantitative estimate of drug-likeness (QED) is 0.462. The maximum Gasteiger partial charge on any atom is 0.261 e. The molecule has 180 valence electrons. The first-order chi connectivity index (χ1) is 16.7. The Morgan fingerprint density at radius 2 is 1.60 bits per heavy atom. The Morgan fingerprint density at radius 3 is 2.23 bits per heavy atom. The van der Waals surface area contributed by atoms with Gasteiger partial charge in [0.25, 0.3) is 15.9 Å². The monoisotopic (exact) mass is 491 g/mol. The van der Waals surface area contributed by atoms with Crippen LogP contribution < -0.4 is 10.0 Å². The zero-order chi connectivity index (χ0) is 25.0. The van der Waals surface area contributed by atoms with Gasteiger partial charge in [0, 0.05) is 42.0 Å². The van der Waals surface area contributed by atoms with Gasteiger partial charge in [0.2, 0.25) is 5.91 Å². The average Bonchev–Trinajstić information content (AvgIpc) is 3.23. The van der Waals surface area contributed by atoms with Gasteiger partial charge in [0.1, 0.15) is 0 Å². The first kappa shape index (κ1) is 24.2. The Hall–Kier alpha value is -3.98. The number of benzene rings is 3. The number of likely N-dealkylation sites (tertiary alicyclic amines) is 1. The minimum absolute atomic E-state index is 0.0276. The lowest BCUT2D eigenvalue weighted by Gasteiger charge is -2.16. The highest BCUT2D eigenvalue weighted by Gasteiger charge is 2.20. The molecule has 0 saturated carbocycles. The molecule has 4 rings (SSSR count). The van der Waals surface area contributed by atoms with Crippen molar-refractivity contribution in [2.75, 3.05) is 16.6 Å². The fraction of sp³-hybridized carbons (Fsp3) is 0.192. The SMILES string of the molecule is CC(=O)c1ccc(S(=O)(=O)Nc2ccc(C(=O)Nc3cccc(CN4CCCC4=O)c3)cc2)cc1. The molecule has 3 aromatic carbocycles. The van der Waals surface area contributed by atoms with Gasteiger partial charge in [-0.15, -0.1) is 0 Å². The minimum atomic E-state index is -3.85. The number of hydrogen-bond acceptors (Lipinski definition) is 5. The molecule has 0 aromatic heterocycles. The van der Waals surface area contributed by atoms with E-state index in [-0.39, 0.29) is 22.5 Å². The van der Waals surface area contributed by atoms with Crippen molar-refractivity contribution in [3.8, 4) is 0 Å². The minimum Gasteiger partial charge on any atom is -0.338 e. The van der Waals surface area contributed by atoms with Crippen LogP contribution in [-0.2, 0) is 21.4 Å². The molecule has 1 fully saturated rings. The Balaban J connectivity index is 1.39. The van der Waals surface area contributed by atoms with E-state index < -0.39 is 10.0 Å². The van der Waals surface area contributed by atoms with Crippen molar-refractivity contribution in [1.29, 1.82) is 0 Å². The van der Waals surface area contributed by atoms with Crippen LogP contribution in [0.25, 0.3) is 0 Å². The number of Topliss-reactive ketones (excluding diaryl/α,β-unsaturated/α-hetero) is 1. The van der Waals surface area contributed by atoms with Gasteiger partial charge in [-0.05, 0) is 67.4 Å². The first-order valence-corrected chi connectivity index (χ1v) is 12.6. The van der Waals surface area contributed by atoms with Crippen LogP contribution in [0.5, 0.6) is 0 Å². The summed E-state index contributed by atoms with van der Waals surface area (Å²) in [6.45, 7) is 2.66. The van der Waals surface area contributed by atoms with E-state index in [1.54, 1.807) is 11.0 Å². The standard InChI is InChI=1S/C26H25N3O5S/c1-18(30)20-9-13-24(14-10-20)35(33,34)28-22-11-7-21(8-12-22)26(32)27-23-5-2-4-19(16-23)17-29-15-3-6-25(29)31/h2,4-5,7-14,16,28H,3,6,15,17H2,1H3,(H,27,32). The maximum absolute atomic E-state index is 12.7. The summed E-state index contributed by atoms with van der Waals surface area (Å²) in [7, 11) is -3.85. The first-order valence-electron chi connectivity index (χ1n) is 11.1. The lowest BCUT2D eigenvalue weighted by molar-refractivity contribution is -0.128. The molecule has 0 unspecified atom stereocenters. The summed E-state index contributed by atoms with van der Waals surface area (Å²) in [6.07, 6.45) is 1.45. The van der Waals surface area contributed by atoms with Gasteiger partial charge in [-0.2, -0.15) is 0 Å². The van der Waals surface area contributed by atoms with Crippen molar-refractivity contribution in [2.24, 2.45) is 0 Å². The number of carbonyl (C=O) groups is 3. The normalized spacial score (nSPS) is 13.5. The second kappa shape index (κ2) is 10.1. The van der Waals surface area contributed by atoms with Crippen molar-refractivity contribution < 1.29 is 22.8 Å². The van der Waals surface area contributed by atoms with Gasteiger partial charge in [-0.25, -0.2) is 8.42 Å². The highest BCUT2D eigenvalue weighted by Crippen LogP contribution is 2.20. The fourth-order valence-corrected chi connectivity index (χ4v) is 4.87. The third kappa shape index (κ3) is 5.93. The van der Waals surface area contributed by atoms with E-state index in [9.17, 15) is 22.8 Å². The number of sulfonamides is 1. The van der Waals surface area contributed by atoms with E-state index in [1.807, 2.05) is 18.2 Å². The van der Waals surface area contributed by atoms with Gasteiger partial charge < -0.3 is 10.2 Å². The molecule has 35 heavy (non-hydrogen) atoms. The number of carbonyl (C=O) groups excluding carboxylic acids is 3. The van der Waals surface area contributed by atoms with Crippen molar-refractivity contribution in [3.63, 3.8) is 0 Å². The van der Waals surface area contributed by atoms with Crippen LogP contribution in [0.15, 0.2) is 77.7 Å². The molecule has 1 aliphatic heterocycles. The topological polar surface area (TPSA) is 113 Å². The zero-order valence-electron chi connectivity index (χ0n) is 19.2. The highest BCUT2D eigenvalue weighted by molar-refractivity contribution is 7.92. The molecule has 1 saturated heterocycles. The molecule has 3 aromatic rings. The van der Waals surface area contributed by atoms with Gasteiger partial charge in [-0.1, -0.05) is 24.3 Å². The second-order valence-corrected chi connectivity index (χ2v) is 10.0. The van der Waals surface area contributed by atoms with E-state index in [2.05, 4.69) is 10.0 Å². The Kier molecular flexibility index (Phi) is 6.97. The Labute approximate surface area is 204 Å². The lowest BCUT2D eigenvalue weighted by Crippen LogP contribution is -2.23. The molecule has 9 heteroatoms. The Bertz CT molecular complexity index is 1370. The van der Waals surface area contributed by atoms with Crippen molar-refractivity contribution >= 4 is 39.0 Å². The van der Waals surface area contributed by atoms with Crippen LogP contribution in [-0.4, -0.2) is 37.5 Å². The zero-order valence-corrected chi connectivity index (χ0v) is 20.0. The molecule has 0 spiro atoms. The molecular weight excluding hydrogens is 466 g/mol. The van der Waals surface area contributed by atoms with E-state index in [1.165, 1.54) is 55.5 Å². The molecule has 0 bridgehead atoms. The summed E-state index contributed by atoms with van der Waals surface area (Å²) in [5.41, 5.74) is 2.62. The van der Waals surface area contributed by atoms with Gasteiger partial charge in [0.15, 0.2) is 5.78 Å². The molecule has 0 aliphatic carbocycles. The van der Waals surface area contributed by atoms with Crippen molar-refractivity contribution in [1.82, 2.24) is 4.90 Å². The van der Waals surface area contributed by atoms with E-state index in [0.717, 1.165) is 18.5 Å². The third-order valence-electron chi connectivity index (χ3n) is 5.70. The number of rotatable bonds is 8. The van der Waals surface area contributed by atoms with Gasteiger partial charge in [-0.3, -0.25) is 19.1 Å².